The Morgan fingerprint density at radius 1 is 0.531 bits per heavy atom. The smallest absolute Gasteiger partial charge is 0.124 e. The molecule has 0 unspecified atom stereocenters. The van der Waals surface area contributed by atoms with Gasteiger partial charge in [0.1, 0.15) is 16.0 Å². The molecule has 0 saturated heterocycles. The molecule has 0 fully saturated rings. The minimum atomic E-state index is 0.975. The highest BCUT2D eigenvalue weighted by Crippen LogP contribution is 2.33. The second-order valence-electron chi connectivity index (χ2n) is 7.22. The molecule has 0 atom stereocenters. The Bertz CT molecular complexity index is 1690. The van der Waals surface area contributed by atoms with E-state index in [0.29, 0.717) is 0 Å². The SMILES string of the molecule is c1ccc(-c2nc3cnc4ccccc4c3s2)cc1.c1ccc2c(c1)ncc1ncsc12. The molecule has 4 heterocycles. The summed E-state index contributed by atoms with van der Waals surface area (Å²) in [4.78, 5) is 17.7. The largest absolute Gasteiger partial charge is 0.254 e. The molecule has 152 valence electrons. The van der Waals surface area contributed by atoms with Gasteiger partial charge in [-0.25, -0.2) is 9.97 Å². The Hall–Kier alpha value is -3.74. The number of hydrogen-bond donors (Lipinski definition) is 0. The summed E-state index contributed by atoms with van der Waals surface area (Å²) in [5.41, 5.74) is 7.05. The summed E-state index contributed by atoms with van der Waals surface area (Å²) in [6, 6.07) is 26.6. The van der Waals surface area contributed by atoms with Crippen LogP contribution in [0.5, 0.6) is 0 Å². The Labute approximate surface area is 191 Å². The lowest BCUT2D eigenvalue weighted by Gasteiger charge is -1.95. The average Bonchev–Trinajstić information content (AvgIpc) is 3.53. The van der Waals surface area contributed by atoms with Crippen molar-refractivity contribution in [2.45, 2.75) is 0 Å². The Morgan fingerprint density at radius 3 is 1.91 bits per heavy atom. The van der Waals surface area contributed by atoms with Crippen molar-refractivity contribution in [1.82, 2.24) is 19.9 Å². The van der Waals surface area contributed by atoms with Crippen LogP contribution in [0.4, 0.5) is 0 Å². The Kier molecular flexibility index (Phi) is 4.79. The van der Waals surface area contributed by atoms with Gasteiger partial charge in [0, 0.05) is 16.3 Å². The fourth-order valence-electron chi connectivity index (χ4n) is 3.68. The zero-order valence-electron chi connectivity index (χ0n) is 16.8. The summed E-state index contributed by atoms with van der Waals surface area (Å²) < 4.78 is 2.44. The third-order valence-corrected chi connectivity index (χ3v) is 7.25. The highest BCUT2D eigenvalue weighted by molar-refractivity contribution is 7.22. The van der Waals surface area contributed by atoms with E-state index in [1.807, 2.05) is 72.5 Å². The van der Waals surface area contributed by atoms with Gasteiger partial charge in [-0.1, -0.05) is 66.7 Å². The standard InChI is InChI=1S/C16H10N2S.C10H6N2S/c1-2-6-11(7-3-1)16-18-14-10-17-13-9-5-4-8-12(13)15(14)19-16;1-2-4-8-7(3-1)10-9(5-11-8)12-6-13-10/h1-10H;1-6H. The van der Waals surface area contributed by atoms with Crippen molar-refractivity contribution in [3.05, 3.63) is 96.8 Å². The van der Waals surface area contributed by atoms with E-state index in [4.69, 9.17) is 0 Å². The van der Waals surface area contributed by atoms with Crippen LogP contribution in [0.3, 0.4) is 0 Å². The first-order valence-corrected chi connectivity index (χ1v) is 11.8. The fourth-order valence-corrected chi connectivity index (χ4v) is 5.56. The second-order valence-corrected chi connectivity index (χ2v) is 9.07. The van der Waals surface area contributed by atoms with Gasteiger partial charge >= 0.3 is 0 Å². The highest BCUT2D eigenvalue weighted by atomic mass is 32.1. The van der Waals surface area contributed by atoms with E-state index < -0.39 is 0 Å². The maximum absolute atomic E-state index is 4.69. The number of para-hydroxylation sites is 2. The first-order valence-electron chi connectivity index (χ1n) is 10.1. The van der Waals surface area contributed by atoms with E-state index in [1.165, 1.54) is 20.2 Å². The van der Waals surface area contributed by atoms with Gasteiger partial charge in [-0.2, -0.15) is 0 Å². The molecule has 0 aliphatic carbocycles. The van der Waals surface area contributed by atoms with E-state index in [0.717, 1.165) is 32.6 Å². The molecule has 0 spiro atoms. The molecule has 0 saturated carbocycles. The maximum Gasteiger partial charge on any atom is 0.124 e. The lowest BCUT2D eigenvalue weighted by Crippen LogP contribution is -1.78. The van der Waals surface area contributed by atoms with E-state index in [2.05, 4.69) is 44.2 Å². The predicted molar refractivity (Wildman–Crippen MR) is 135 cm³/mol. The molecule has 0 bridgehead atoms. The molecule has 32 heavy (non-hydrogen) atoms. The van der Waals surface area contributed by atoms with Crippen molar-refractivity contribution in [2.24, 2.45) is 0 Å². The number of pyridine rings is 2. The van der Waals surface area contributed by atoms with E-state index in [-0.39, 0.29) is 0 Å². The Balaban J connectivity index is 0.000000131. The molecular formula is C26H16N4S2. The van der Waals surface area contributed by atoms with Gasteiger partial charge < -0.3 is 0 Å². The van der Waals surface area contributed by atoms with Crippen molar-refractivity contribution >= 4 is 64.9 Å². The Morgan fingerprint density at radius 2 is 1.16 bits per heavy atom. The van der Waals surface area contributed by atoms with Gasteiger partial charge in [0.2, 0.25) is 0 Å². The molecule has 4 nitrogen and oxygen atoms in total. The molecule has 7 rings (SSSR count). The zero-order chi connectivity index (χ0) is 21.3. The van der Waals surface area contributed by atoms with Crippen LogP contribution in [0, 0.1) is 0 Å². The molecule has 6 heteroatoms. The van der Waals surface area contributed by atoms with Crippen molar-refractivity contribution in [1.29, 1.82) is 0 Å². The number of thiazole rings is 2. The van der Waals surface area contributed by atoms with Gasteiger partial charge in [-0.05, 0) is 12.1 Å². The van der Waals surface area contributed by atoms with Crippen LogP contribution in [0.2, 0.25) is 0 Å². The first kappa shape index (κ1) is 19.0. The molecule has 0 aliphatic heterocycles. The highest BCUT2D eigenvalue weighted by Gasteiger charge is 2.09. The average molecular weight is 449 g/mol. The number of rotatable bonds is 1. The number of hydrogen-bond acceptors (Lipinski definition) is 6. The summed E-state index contributed by atoms with van der Waals surface area (Å²) in [5.74, 6) is 0. The molecule has 4 aromatic heterocycles. The molecular weight excluding hydrogens is 432 g/mol. The first-order chi connectivity index (χ1) is 15.9. The molecule has 7 aromatic rings. The van der Waals surface area contributed by atoms with Crippen LogP contribution < -0.4 is 0 Å². The molecule has 0 radical (unpaired) electrons. The summed E-state index contributed by atoms with van der Waals surface area (Å²) in [7, 11) is 0. The van der Waals surface area contributed by atoms with Gasteiger partial charge in [-0.15, -0.1) is 22.7 Å². The summed E-state index contributed by atoms with van der Waals surface area (Å²) in [6.07, 6.45) is 3.69. The third kappa shape index (κ3) is 3.39. The van der Waals surface area contributed by atoms with Crippen LogP contribution in [0.25, 0.3) is 52.8 Å². The van der Waals surface area contributed by atoms with Crippen LogP contribution in [-0.4, -0.2) is 19.9 Å². The summed E-state index contributed by atoms with van der Waals surface area (Å²) >= 11 is 3.39. The number of aromatic nitrogens is 4. The van der Waals surface area contributed by atoms with Gasteiger partial charge in [0.05, 0.1) is 38.3 Å². The van der Waals surface area contributed by atoms with Crippen LogP contribution in [0.1, 0.15) is 0 Å². The quantitative estimate of drug-likeness (QED) is 0.263. The van der Waals surface area contributed by atoms with Gasteiger partial charge in [-0.3, -0.25) is 9.97 Å². The predicted octanol–water partition coefficient (Wildman–Crippen LogP) is 7.36. The van der Waals surface area contributed by atoms with Gasteiger partial charge in [0.15, 0.2) is 0 Å². The second kappa shape index (κ2) is 8.07. The topological polar surface area (TPSA) is 51.6 Å². The van der Waals surface area contributed by atoms with Crippen molar-refractivity contribution in [3.63, 3.8) is 0 Å². The molecule has 0 aliphatic rings. The number of nitrogens with zero attached hydrogens (tertiary/aromatic N) is 4. The van der Waals surface area contributed by atoms with Crippen molar-refractivity contribution < 1.29 is 0 Å². The molecule has 0 N–H and O–H groups in total. The van der Waals surface area contributed by atoms with Crippen LogP contribution in [-0.2, 0) is 0 Å². The minimum absolute atomic E-state index is 0.975. The summed E-state index contributed by atoms with van der Waals surface area (Å²) in [6.45, 7) is 0. The van der Waals surface area contributed by atoms with E-state index >= 15 is 0 Å². The zero-order valence-corrected chi connectivity index (χ0v) is 18.5. The van der Waals surface area contributed by atoms with Crippen molar-refractivity contribution in [2.75, 3.05) is 0 Å². The monoisotopic (exact) mass is 448 g/mol. The van der Waals surface area contributed by atoms with Crippen LogP contribution in [0.15, 0.2) is 96.8 Å². The number of benzene rings is 3. The van der Waals surface area contributed by atoms with E-state index in [9.17, 15) is 0 Å². The summed E-state index contributed by atoms with van der Waals surface area (Å²) in [5, 5.41) is 3.43. The van der Waals surface area contributed by atoms with E-state index in [1.54, 1.807) is 22.7 Å². The molecule has 0 amide bonds. The molecule has 3 aromatic carbocycles. The number of fused-ring (bicyclic) bond motifs is 6. The minimum Gasteiger partial charge on any atom is -0.254 e. The fraction of sp³-hybridized carbons (Fsp3) is 0. The normalized spacial score (nSPS) is 11.1. The third-order valence-electron chi connectivity index (χ3n) is 5.22. The van der Waals surface area contributed by atoms with Crippen LogP contribution >= 0.6 is 22.7 Å². The van der Waals surface area contributed by atoms with Crippen molar-refractivity contribution in [3.8, 4) is 10.6 Å². The maximum atomic E-state index is 4.69. The van der Waals surface area contributed by atoms with Gasteiger partial charge in [0.25, 0.3) is 0 Å². The lowest BCUT2D eigenvalue weighted by atomic mass is 10.2. The lowest BCUT2D eigenvalue weighted by molar-refractivity contribution is 1.40.